The molecular weight excluding hydrogens is 528 g/mol. The highest BCUT2D eigenvalue weighted by Gasteiger charge is 2.23. The second kappa shape index (κ2) is 8.54. The van der Waals surface area contributed by atoms with E-state index < -0.39 is 21.7 Å². The summed E-state index contributed by atoms with van der Waals surface area (Å²) in [7, 11) is -3.79. The van der Waals surface area contributed by atoms with Crippen LogP contribution in [0.25, 0.3) is 20.7 Å². The van der Waals surface area contributed by atoms with E-state index in [2.05, 4.69) is 30.7 Å². The first-order valence-corrected chi connectivity index (χ1v) is 13.0. The van der Waals surface area contributed by atoms with Crippen molar-refractivity contribution in [1.29, 1.82) is 0 Å². The second-order valence-corrected chi connectivity index (χ2v) is 11.8. The Hall–Kier alpha value is -2.76. The Morgan fingerprint density at radius 1 is 1.21 bits per heavy atom. The summed E-state index contributed by atoms with van der Waals surface area (Å²) in [6.07, 6.45) is 2.54. The molecule has 172 valence electrons. The molecule has 0 saturated heterocycles. The molecule has 0 aliphatic rings. The fourth-order valence-electron chi connectivity index (χ4n) is 3.10. The third-order valence-corrected chi connectivity index (χ3v) is 8.02. The smallest absolute Gasteiger partial charge is 0.435 e. The summed E-state index contributed by atoms with van der Waals surface area (Å²) < 4.78 is 35.7. The quantitative estimate of drug-likeness (QED) is 0.345. The highest BCUT2D eigenvalue weighted by molar-refractivity contribution is 9.10. The van der Waals surface area contributed by atoms with E-state index in [0.717, 1.165) is 9.56 Å². The van der Waals surface area contributed by atoms with Crippen LogP contribution in [0.1, 0.15) is 26.5 Å². The topological polar surface area (TPSA) is 103 Å². The Morgan fingerprint density at radius 2 is 1.91 bits per heavy atom. The number of hydrogen-bond acceptors (Lipinski definition) is 7. The molecule has 4 rings (SSSR count). The maximum absolute atomic E-state index is 12.9. The van der Waals surface area contributed by atoms with Gasteiger partial charge in [0.05, 0.1) is 27.0 Å². The zero-order valence-electron chi connectivity index (χ0n) is 18.3. The van der Waals surface area contributed by atoms with Crippen LogP contribution in [0.3, 0.4) is 0 Å². The van der Waals surface area contributed by atoms with Gasteiger partial charge in [-0.05, 0) is 61.8 Å². The Bertz CT molecular complexity index is 1460. The number of carbonyl (C=O) groups is 1. The number of pyridine rings is 1. The molecular formula is C22H21BrN4O4S2. The van der Waals surface area contributed by atoms with Crippen LogP contribution in [0.15, 0.2) is 58.2 Å². The van der Waals surface area contributed by atoms with Crippen LogP contribution >= 0.6 is 27.3 Å². The van der Waals surface area contributed by atoms with Crippen molar-refractivity contribution in [2.45, 2.75) is 38.2 Å². The molecule has 0 fully saturated rings. The number of nitrogens with zero attached hydrogens (tertiary/aromatic N) is 3. The van der Waals surface area contributed by atoms with Crippen LogP contribution < -0.4 is 4.72 Å². The van der Waals surface area contributed by atoms with Gasteiger partial charge >= 0.3 is 6.09 Å². The predicted molar refractivity (Wildman–Crippen MR) is 132 cm³/mol. The zero-order valence-corrected chi connectivity index (χ0v) is 21.5. The number of sulfonamides is 1. The minimum Gasteiger partial charge on any atom is -0.442 e. The predicted octanol–water partition coefficient (Wildman–Crippen LogP) is 5.81. The lowest BCUT2D eigenvalue weighted by Gasteiger charge is -2.18. The molecule has 4 aromatic rings. The standard InChI is InChI=1S/C22H21BrN4O4S2/c1-13-10-16(26-33(29,30)15-8-6-5-7-9-15)17-18(23)19(32-20(17)25-13)14-11-24-27(12-14)21(28)31-22(2,3)4/h5-12H,1-4H3,(H,25,26). The third-order valence-electron chi connectivity index (χ3n) is 4.46. The van der Waals surface area contributed by atoms with Gasteiger partial charge in [-0.3, -0.25) is 4.72 Å². The second-order valence-electron chi connectivity index (χ2n) is 8.31. The maximum Gasteiger partial charge on any atom is 0.435 e. The number of rotatable bonds is 4. The Kier molecular flexibility index (Phi) is 6.06. The summed E-state index contributed by atoms with van der Waals surface area (Å²) in [6.45, 7) is 7.14. The lowest BCUT2D eigenvalue weighted by molar-refractivity contribution is 0.0514. The molecule has 3 aromatic heterocycles. The molecule has 0 atom stereocenters. The summed E-state index contributed by atoms with van der Waals surface area (Å²) in [5.41, 5.74) is 1.10. The largest absolute Gasteiger partial charge is 0.442 e. The van der Waals surface area contributed by atoms with Gasteiger partial charge in [-0.25, -0.2) is 18.2 Å². The van der Waals surface area contributed by atoms with Crippen molar-refractivity contribution >= 4 is 59.3 Å². The molecule has 0 bridgehead atoms. The Morgan fingerprint density at radius 3 is 2.58 bits per heavy atom. The molecule has 0 radical (unpaired) electrons. The van der Waals surface area contributed by atoms with E-state index in [9.17, 15) is 13.2 Å². The van der Waals surface area contributed by atoms with Gasteiger partial charge in [-0.15, -0.1) is 11.3 Å². The van der Waals surface area contributed by atoms with Crippen molar-refractivity contribution in [3.8, 4) is 10.4 Å². The number of aryl methyl sites for hydroxylation is 1. The molecule has 0 aliphatic heterocycles. The number of carbonyl (C=O) groups excluding carboxylic acids is 1. The van der Waals surface area contributed by atoms with E-state index in [0.29, 0.717) is 31.6 Å². The summed E-state index contributed by atoms with van der Waals surface area (Å²) in [5, 5.41) is 4.75. The highest BCUT2D eigenvalue weighted by atomic mass is 79.9. The van der Waals surface area contributed by atoms with Crippen molar-refractivity contribution in [1.82, 2.24) is 14.8 Å². The Balaban J connectivity index is 1.75. The molecule has 1 N–H and O–H groups in total. The first-order chi connectivity index (χ1) is 15.4. The van der Waals surface area contributed by atoms with Crippen molar-refractivity contribution in [2.24, 2.45) is 0 Å². The number of thiophene rings is 1. The van der Waals surface area contributed by atoms with E-state index in [-0.39, 0.29) is 4.90 Å². The molecule has 0 amide bonds. The van der Waals surface area contributed by atoms with Crippen LogP contribution in [-0.2, 0) is 14.8 Å². The van der Waals surface area contributed by atoms with Crippen molar-refractivity contribution in [3.05, 3.63) is 59.0 Å². The van der Waals surface area contributed by atoms with E-state index in [1.54, 1.807) is 64.4 Å². The van der Waals surface area contributed by atoms with Crippen molar-refractivity contribution in [3.63, 3.8) is 0 Å². The average molecular weight is 549 g/mol. The van der Waals surface area contributed by atoms with Gasteiger partial charge in [0.25, 0.3) is 10.0 Å². The first-order valence-electron chi connectivity index (χ1n) is 9.90. The van der Waals surface area contributed by atoms with E-state index >= 15 is 0 Å². The number of halogens is 1. The van der Waals surface area contributed by atoms with Gasteiger partial charge in [0, 0.05) is 21.9 Å². The van der Waals surface area contributed by atoms with Crippen LogP contribution in [-0.4, -0.2) is 34.9 Å². The molecule has 0 spiro atoms. The lowest BCUT2D eigenvalue weighted by Crippen LogP contribution is -2.27. The first kappa shape index (κ1) is 23.4. The van der Waals surface area contributed by atoms with Crippen molar-refractivity contribution in [2.75, 3.05) is 4.72 Å². The molecule has 0 saturated carbocycles. The number of ether oxygens (including phenoxy) is 1. The molecule has 8 nitrogen and oxygen atoms in total. The Labute approximate surface area is 203 Å². The summed E-state index contributed by atoms with van der Waals surface area (Å²) in [4.78, 5) is 18.5. The summed E-state index contributed by atoms with van der Waals surface area (Å²) in [6, 6.07) is 9.85. The van der Waals surface area contributed by atoms with Crippen LogP contribution in [0, 0.1) is 6.92 Å². The molecule has 0 unspecified atom stereocenters. The van der Waals surface area contributed by atoms with Crippen LogP contribution in [0.5, 0.6) is 0 Å². The number of benzene rings is 1. The molecule has 33 heavy (non-hydrogen) atoms. The number of nitrogens with one attached hydrogen (secondary N) is 1. The fourth-order valence-corrected chi connectivity index (χ4v) is 6.30. The average Bonchev–Trinajstić information content (AvgIpc) is 3.32. The van der Waals surface area contributed by atoms with Gasteiger partial charge < -0.3 is 4.74 Å². The monoisotopic (exact) mass is 548 g/mol. The van der Waals surface area contributed by atoms with Crippen LogP contribution in [0.2, 0.25) is 0 Å². The van der Waals surface area contributed by atoms with E-state index in [4.69, 9.17) is 4.74 Å². The van der Waals surface area contributed by atoms with Gasteiger partial charge in [0.2, 0.25) is 0 Å². The normalized spacial score (nSPS) is 12.2. The van der Waals surface area contributed by atoms with Gasteiger partial charge in [-0.2, -0.15) is 9.78 Å². The highest BCUT2D eigenvalue weighted by Crippen LogP contribution is 2.45. The zero-order chi connectivity index (χ0) is 24.0. The molecule has 3 heterocycles. The minimum atomic E-state index is -3.79. The number of hydrogen-bond donors (Lipinski definition) is 1. The summed E-state index contributed by atoms with van der Waals surface area (Å²) >= 11 is 4.97. The number of aromatic nitrogens is 3. The minimum absolute atomic E-state index is 0.165. The number of anilines is 1. The van der Waals surface area contributed by atoms with Gasteiger partial charge in [-0.1, -0.05) is 18.2 Å². The third kappa shape index (κ3) is 4.94. The van der Waals surface area contributed by atoms with Gasteiger partial charge in [0.15, 0.2) is 0 Å². The summed E-state index contributed by atoms with van der Waals surface area (Å²) in [5.74, 6) is 0. The molecule has 0 aliphatic carbocycles. The maximum atomic E-state index is 12.9. The van der Waals surface area contributed by atoms with Gasteiger partial charge in [0.1, 0.15) is 10.4 Å². The lowest BCUT2D eigenvalue weighted by atomic mass is 10.2. The fraction of sp³-hybridized carbons (Fsp3) is 0.227. The molecule has 1 aromatic carbocycles. The van der Waals surface area contributed by atoms with Crippen LogP contribution in [0.4, 0.5) is 10.5 Å². The SMILES string of the molecule is Cc1cc(NS(=O)(=O)c2ccccc2)c2c(Br)c(-c3cnn(C(=O)OC(C)(C)C)c3)sc2n1. The molecule has 11 heteroatoms. The van der Waals surface area contributed by atoms with E-state index in [1.165, 1.54) is 23.5 Å². The van der Waals surface area contributed by atoms with E-state index in [1.807, 2.05) is 0 Å². The number of fused-ring (bicyclic) bond motifs is 1. The van der Waals surface area contributed by atoms with Crippen molar-refractivity contribution < 1.29 is 17.9 Å².